The third-order valence-electron chi connectivity index (χ3n) is 3.11. The first-order valence-electron chi connectivity index (χ1n) is 6.34. The lowest BCUT2D eigenvalue weighted by Crippen LogP contribution is -2.12. The van der Waals surface area contributed by atoms with Gasteiger partial charge < -0.3 is 9.84 Å². The summed E-state index contributed by atoms with van der Waals surface area (Å²) in [4.78, 5) is 2.17. The van der Waals surface area contributed by atoms with Crippen LogP contribution in [-0.2, 0) is 12.0 Å². The summed E-state index contributed by atoms with van der Waals surface area (Å²) in [5.74, 6) is 0.926. The molecule has 0 bridgehead atoms. The Bertz CT molecular complexity index is 564. The fourth-order valence-electron chi connectivity index (χ4n) is 2.07. The number of methoxy groups -OCH3 is 1. The van der Waals surface area contributed by atoms with E-state index < -0.39 is 0 Å². The maximum atomic E-state index is 9.15. The highest BCUT2D eigenvalue weighted by Crippen LogP contribution is 2.36. The van der Waals surface area contributed by atoms with Crippen molar-refractivity contribution >= 4 is 11.3 Å². The van der Waals surface area contributed by atoms with Crippen LogP contribution in [0.25, 0.3) is 10.4 Å². The first-order valence-corrected chi connectivity index (χ1v) is 7.16. The van der Waals surface area contributed by atoms with Gasteiger partial charge in [-0.05, 0) is 41.3 Å². The van der Waals surface area contributed by atoms with Crippen molar-refractivity contribution in [1.29, 1.82) is 0 Å². The molecule has 1 heterocycles. The molecule has 0 unspecified atom stereocenters. The lowest BCUT2D eigenvalue weighted by molar-refractivity contribution is 0.285. The fourth-order valence-corrected chi connectivity index (χ4v) is 2.93. The van der Waals surface area contributed by atoms with Gasteiger partial charge in [0.1, 0.15) is 5.75 Å². The lowest BCUT2D eigenvalue weighted by atomic mass is 9.85. The molecule has 0 aliphatic heterocycles. The standard InChI is InChI=1S/C16H20O2S/c1-16(2,3)13-9-11(5-7-14(13)18-4)15-8-6-12(10-17)19-15/h5-9,17H,10H2,1-4H3. The third kappa shape index (κ3) is 2.99. The number of benzene rings is 1. The zero-order chi connectivity index (χ0) is 14.0. The predicted octanol–water partition coefficient (Wildman–Crippen LogP) is 4.21. The lowest BCUT2D eigenvalue weighted by Gasteiger charge is -2.22. The molecule has 0 aliphatic carbocycles. The molecule has 2 rings (SSSR count). The van der Waals surface area contributed by atoms with Gasteiger partial charge in [0, 0.05) is 15.3 Å². The van der Waals surface area contributed by atoms with Gasteiger partial charge in [0.05, 0.1) is 13.7 Å². The summed E-state index contributed by atoms with van der Waals surface area (Å²) < 4.78 is 5.45. The van der Waals surface area contributed by atoms with Crippen LogP contribution in [0.15, 0.2) is 30.3 Å². The van der Waals surface area contributed by atoms with Crippen LogP contribution in [0.5, 0.6) is 5.75 Å². The molecule has 2 aromatic rings. The second-order valence-electron chi connectivity index (χ2n) is 5.59. The van der Waals surface area contributed by atoms with Crippen LogP contribution < -0.4 is 4.74 Å². The monoisotopic (exact) mass is 276 g/mol. The fraction of sp³-hybridized carbons (Fsp3) is 0.375. The summed E-state index contributed by atoms with van der Waals surface area (Å²) in [7, 11) is 1.71. The number of rotatable bonds is 3. The first-order chi connectivity index (χ1) is 8.95. The van der Waals surface area contributed by atoms with Crippen molar-refractivity contribution in [3.63, 3.8) is 0 Å². The summed E-state index contributed by atoms with van der Waals surface area (Å²) in [5.41, 5.74) is 2.42. The van der Waals surface area contributed by atoms with E-state index in [-0.39, 0.29) is 12.0 Å². The molecule has 19 heavy (non-hydrogen) atoms. The summed E-state index contributed by atoms with van der Waals surface area (Å²) >= 11 is 1.63. The predicted molar refractivity (Wildman–Crippen MR) is 80.9 cm³/mol. The highest BCUT2D eigenvalue weighted by molar-refractivity contribution is 7.15. The Morgan fingerprint density at radius 2 is 1.89 bits per heavy atom. The number of thiophene rings is 1. The topological polar surface area (TPSA) is 29.5 Å². The van der Waals surface area contributed by atoms with Crippen molar-refractivity contribution < 1.29 is 9.84 Å². The van der Waals surface area contributed by atoms with Gasteiger partial charge >= 0.3 is 0 Å². The van der Waals surface area contributed by atoms with Crippen LogP contribution in [0, 0.1) is 0 Å². The van der Waals surface area contributed by atoms with Gasteiger partial charge in [-0.15, -0.1) is 11.3 Å². The van der Waals surface area contributed by atoms with Crippen LogP contribution in [0.1, 0.15) is 31.2 Å². The molecule has 102 valence electrons. The van der Waals surface area contributed by atoms with Gasteiger partial charge in [-0.2, -0.15) is 0 Å². The van der Waals surface area contributed by atoms with E-state index in [1.165, 1.54) is 16.0 Å². The Morgan fingerprint density at radius 3 is 2.42 bits per heavy atom. The van der Waals surface area contributed by atoms with Gasteiger partial charge in [-0.1, -0.05) is 20.8 Å². The molecule has 1 aromatic carbocycles. The molecule has 0 spiro atoms. The zero-order valence-electron chi connectivity index (χ0n) is 11.9. The Kier molecular flexibility index (Phi) is 3.97. The molecule has 0 amide bonds. The van der Waals surface area contributed by atoms with Crippen molar-refractivity contribution in [2.75, 3.05) is 7.11 Å². The van der Waals surface area contributed by atoms with Crippen molar-refractivity contribution in [1.82, 2.24) is 0 Å². The molecule has 1 N–H and O–H groups in total. The highest BCUT2D eigenvalue weighted by atomic mass is 32.1. The van der Waals surface area contributed by atoms with Gasteiger partial charge in [0.25, 0.3) is 0 Å². The Labute approximate surface area is 118 Å². The largest absolute Gasteiger partial charge is 0.496 e. The summed E-state index contributed by atoms with van der Waals surface area (Å²) in [6, 6.07) is 10.3. The number of aliphatic hydroxyl groups excluding tert-OH is 1. The smallest absolute Gasteiger partial charge is 0.122 e. The summed E-state index contributed by atoms with van der Waals surface area (Å²) in [5, 5.41) is 9.15. The van der Waals surface area contributed by atoms with Crippen molar-refractivity contribution in [3.05, 3.63) is 40.8 Å². The van der Waals surface area contributed by atoms with E-state index in [0.29, 0.717) is 0 Å². The number of hydrogen-bond donors (Lipinski definition) is 1. The van der Waals surface area contributed by atoms with Crippen LogP contribution in [0.3, 0.4) is 0 Å². The third-order valence-corrected chi connectivity index (χ3v) is 4.23. The van der Waals surface area contributed by atoms with Crippen molar-refractivity contribution in [2.45, 2.75) is 32.8 Å². The number of aliphatic hydroxyl groups is 1. The van der Waals surface area contributed by atoms with Gasteiger partial charge in [-0.3, -0.25) is 0 Å². The Hall–Kier alpha value is -1.32. The van der Waals surface area contributed by atoms with Gasteiger partial charge in [-0.25, -0.2) is 0 Å². The van der Waals surface area contributed by atoms with Crippen molar-refractivity contribution in [2.24, 2.45) is 0 Å². The molecular formula is C16H20O2S. The quantitative estimate of drug-likeness (QED) is 0.909. The van der Waals surface area contributed by atoms with E-state index in [0.717, 1.165) is 10.6 Å². The summed E-state index contributed by atoms with van der Waals surface area (Å²) in [6.07, 6.45) is 0. The maximum absolute atomic E-state index is 9.15. The van der Waals surface area contributed by atoms with Gasteiger partial charge in [0.2, 0.25) is 0 Å². The van der Waals surface area contributed by atoms with Crippen LogP contribution >= 0.6 is 11.3 Å². The van der Waals surface area contributed by atoms with E-state index >= 15 is 0 Å². The Morgan fingerprint density at radius 1 is 1.16 bits per heavy atom. The van der Waals surface area contributed by atoms with E-state index in [9.17, 15) is 0 Å². The van der Waals surface area contributed by atoms with E-state index in [1.807, 2.05) is 12.1 Å². The number of ether oxygens (including phenoxy) is 1. The van der Waals surface area contributed by atoms with E-state index in [2.05, 4.69) is 39.0 Å². The first kappa shape index (κ1) is 14.1. The minimum Gasteiger partial charge on any atom is -0.496 e. The molecule has 0 fully saturated rings. The van der Waals surface area contributed by atoms with E-state index in [1.54, 1.807) is 18.4 Å². The highest BCUT2D eigenvalue weighted by Gasteiger charge is 2.19. The molecule has 0 atom stereocenters. The maximum Gasteiger partial charge on any atom is 0.122 e. The molecule has 1 aromatic heterocycles. The summed E-state index contributed by atoms with van der Waals surface area (Å²) in [6.45, 7) is 6.65. The van der Waals surface area contributed by atoms with Crippen molar-refractivity contribution in [3.8, 4) is 16.2 Å². The molecular weight excluding hydrogens is 256 g/mol. The van der Waals surface area contributed by atoms with Crippen LogP contribution in [0.4, 0.5) is 0 Å². The minimum absolute atomic E-state index is 0.0401. The molecule has 0 saturated heterocycles. The molecule has 0 radical (unpaired) electrons. The second-order valence-corrected chi connectivity index (χ2v) is 6.76. The molecule has 2 nitrogen and oxygen atoms in total. The normalized spacial score (nSPS) is 11.6. The second kappa shape index (κ2) is 5.35. The average molecular weight is 276 g/mol. The van der Waals surface area contributed by atoms with Gasteiger partial charge in [0.15, 0.2) is 0 Å². The average Bonchev–Trinajstić information content (AvgIpc) is 2.85. The molecule has 3 heteroatoms. The SMILES string of the molecule is COc1ccc(-c2ccc(CO)s2)cc1C(C)(C)C. The molecule has 0 aliphatic rings. The Balaban J connectivity index is 2.48. The minimum atomic E-state index is 0.0401. The van der Waals surface area contributed by atoms with E-state index in [4.69, 9.17) is 9.84 Å². The molecule has 0 saturated carbocycles. The van der Waals surface area contributed by atoms with Crippen LogP contribution in [0.2, 0.25) is 0 Å². The number of hydrogen-bond acceptors (Lipinski definition) is 3. The zero-order valence-corrected chi connectivity index (χ0v) is 12.7. The van der Waals surface area contributed by atoms with Crippen LogP contribution in [-0.4, -0.2) is 12.2 Å².